The Kier molecular flexibility index (Phi) is 4.09. The van der Waals surface area contributed by atoms with E-state index < -0.39 is 0 Å². The molecule has 2 aliphatic rings. The molecule has 0 aromatic heterocycles. The molecule has 0 radical (unpaired) electrons. The third kappa shape index (κ3) is 2.74. The fourth-order valence-electron chi connectivity index (χ4n) is 3.64. The van der Waals surface area contributed by atoms with Gasteiger partial charge in [0.05, 0.1) is 12.6 Å². The maximum absolute atomic E-state index is 6.40. The molecule has 0 spiro atoms. The van der Waals surface area contributed by atoms with Crippen molar-refractivity contribution in [3.05, 3.63) is 23.3 Å². The predicted molar refractivity (Wildman–Crippen MR) is 84.0 cm³/mol. The second-order valence-electron chi connectivity index (χ2n) is 6.29. The molecule has 3 atom stereocenters. The number of nitrogens with two attached hydrogens (primary N) is 1. The van der Waals surface area contributed by atoms with E-state index in [9.17, 15) is 0 Å². The van der Waals surface area contributed by atoms with Crippen molar-refractivity contribution in [3.63, 3.8) is 0 Å². The summed E-state index contributed by atoms with van der Waals surface area (Å²) in [5.41, 5.74) is 8.83. The second-order valence-corrected chi connectivity index (χ2v) is 6.29. The number of hydrogen-bond acceptors (Lipinski definition) is 4. The van der Waals surface area contributed by atoms with Gasteiger partial charge in [-0.3, -0.25) is 4.90 Å². The average Bonchev–Trinajstić information content (AvgIpc) is 2.78. The van der Waals surface area contributed by atoms with Crippen molar-refractivity contribution < 1.29 is 9.47 Å². The van der Waals surface area contributed by atoms with Crippen LogP contribution in [-0.4, -0.2) is 37.2 Å². The van der Waals surface area contributed by atoms with Crippen LogP contribution in [-0.2, 0) is 6.42 Å². The van der Waals surface area contributed by atoms with Crippen molar-refractivity contribution >= 4 is 0 Å². The molecule has 2 heterocycles. The van der Waals surface area contributed by atoms with Crippen LogP contribution in [0.4, 0.5) is 0 Å². The van der Waals surface area contributed by atoms with E-state index in [1.165, 1.54) is 11.1 Å². The van der Waals surface area contributed by atoms with E-state index in [0.29, 0.717) is 6.61 Å². The molecular formula is C17H26N2O2. The zero-order valence-electron chi connectivity index (χ0n) is 13.3. The SMILES string of the molecule is CCOc1cc2c(cc1C1C(N)CCCN1C)OC(C)C2. The van der Waals surface area contributed by atoms with Gasteiger partial charge in [0.15, 0.2) is 0 Å². The first-order chi connectivity index (χ1) is 10.1. The van der Waals surface area contributed by atoms with Crippen LogP contribution < -0.4 is 15.2 Å². The maximum Gasteiger partial charge on any atom is 0.124 e. The fraction of sp³-hybridized carbons (Fsp3) is 0.647. The van der Waals surface area contributed by atoms with E-state index in [1.54, 1.807) is 0 Å². The summed E-state index contributed by atoms with van der Waals surface area (Å²) in [5.74, 6) is 1.98. The largest absolute Gasteiger partial charge is 0.494 e. The van der Waals surface area contributed by atoms with Gasteiger partial charge in [0, 0.05) is 23.6 Å². The smallest absolute Gasteiger partial charge is 0.124 e. The highest BCUT2D eigenvalue weighted by Crippen LogP contribution is 2.41. The lowest BCUT2D eigenvalue weighted by Crippen LogP contribution is -2.44. The van der Waals surface area contributed by atoms with E-state index in [4.69, 9.17) is 15.2 Å². The number of nitrogens with zero attached hydrogens (tertiary/aromatic N) is 1. The van der Waals surface area contributed by atoms with Crippen LogP contribution in [0.3, 0.4) is 0 Å². The first kappa shape index (κ1) is 14.7. The summed E-state index contributed by atoms with van der Waals surface area (Å²) < 4.78 is 11.8. The van der Waals surface area contributed by atoms with Gasteiger partial charge < -0.3 is 15.2 Å². The first-order valence-corrected chi connectivity index (χ1v) is 8.02. The number of likely N-dealkylation sites (tertiary alicyclic amines) is 1. The monoisotopic (exact) mass is 290 g/mol. The minimum atomic E-state index is 0.153. The molecule has 4 nitrogen and oxygen atoms in total. The molecule has 3 unspecified atom stereocenters. The van der Waals surface area contributed by atoms with Gasteiger partial charge in [-0.25, -0.2) is 0 Å². The van der Waals surface area contributed by atoms with Gasteiger partial charge in [-0.05, 0) is 52.4 Å². The third-order valence-electron chi connectivity index (χ3n) is 4.58. The molecule has 0 saturated carbocycles. The summed E-state index contributed by atoms with van der Waals surface area (Å²) in [6.07, 6.45) is 3.44. The zero-order chi connectivity index (χ0) is 15.0. The van der Waals surface area contributed by atoms with Crippen LogP contribution in [0, 0.1) is 0 Å². The molecule has 2 N–H and O–H groups in total. The summed E-state index contributed by atoms with van der Waals surface area (Å²) in [5, 5.41) is 0. The number of piperidine rings is 1. The number of benzene rings is 1. The molecule has 0 aliphatic carbocycles. The molecule has 1 aromatic carbocycles. The molecule has 3 rings (SSSR count). The van der Waals surface area contributed by atoms with Gasteiger partial charge in [-0.2, -0.15) is 0 Å². The Morgan fingerprint density at radius 3 is 2.95 bits per heavy atom. The van der Waals surface area contributed by atoms with Crippen molar-refractivity contribution in [1.82, 2.24) is 4.90 Å². The summed E-state index contributed by atoms with van der Waals surface area (Å²) in [6.45, 7) is 5.89. The molecule has 0 bridgehead atoms. The van der Waals surface area contributed by atoms with E-state index >= 15 is 0 Å². The lowest BCUT2D eigenvalue weighted by atomic mass is 9.90. The highest BCUT2D eigenvalue weighted by atomic mass is 16.5. The molecule has 1 saturated heterocycles. The Hall–Kier alpha value is -1.26. The van der Waals surface area contributed by atoms with Crippen LogP contribution in [0.2, 0.25) is 0 Å². The minimum absolute atomic E-state index is 0.153. The van der Waals surface area contributed by atoms with Crippen LogP contribution in [0.25, 0.3) is 0 Å². The fourth-order valence-corrected chi connectivity index (χ4v) is 3.64. The lowest BCUT2D eigenvalue weighted by molar-refractivity contribution is 0.158. The highest BCUT2D eigenvalue weighted by molar-refractivity contribution is 5.50. The van der Waals surface area contributed by atoms with Crippen LogP contribution >= 0.6 is 0 Å². The number of ether oxygens (including phenoxy) is 2. The van der Waals surface area contributed by atoms with E-state index in [-0.39, 0.29) is 18.2 Å². The predicted octanol–water partition coefficient (Wildman–Crippen LogP) is 2.50. The maximum atomic E-state index is 6.40. The Morgan fingerprint density at radius 2 is 2.24 bits per heavy atom. The number of hydrogen-bond donors (Lipinski definition) is 1. The van der Waals surface area contributed by atoms with E-state index in [1.807, 2.05) is 6.92 Å². The second kappa shape index (κ2) is 5.85. The Morgan fingerprint density at radius 1 is 1.43 bits per heavy atom. The van der Waals surface area contributed by atoms with Gasteiger partial charge >= 0.3 is 0 Å². The molecule has 4 heteroatoms. The average molecular weight is 290 g/mol. The summed E-state index contributed by atoms with van der Waals surface area (Å²) >= 11 is 0. The summed E-state index contributed by atoms with van der Waals surface area (Å²) in [7, 11) is 2.15. The molecule has 1 aromatic rings. The van der Waals surface area contributed by atoms with Crippen LogP contribution in [0.15, 0.2) is 12.1 Å². The molecule has 116 valence electrons. The summed E-state index contributed by atoms with van der Waals surface area (Å²) in [6, 6.07) is 4.69. The van der Waals surface area contributed by atoms with Gasteiger partial charge in [-0.1, -0.05) is 0 Å². The zero-order valence-corrected chi connectivity index (χ0v) is 13.3. The standard InChI is InChI=1S/C17H26N2O2/c1-4-20-16-9-12-8-11(2)21-15(12)10-13(16)17-14(18)6-5-7-19(17)3/h9-11,14,17H,4-8,18H2,1-3H3. The van der Waals surface area contributed by atoms with Crippen molar-refractivity contribution in [2.45, 2.75) is 51.3 Å². The Labute approximate surface area is 127 Å². The molecule has 0 amide bonds. The molecule has 21 heavy (non-hydrogen) atoms. The van der Waals surface area contributed by atoms with Gasteiger partial charge in [-0.15, -0.1) is 0 Å². The quantitative estimate of drug-likeness (QED) is 0.929. The number of fused-ring (bicyclic) bond motifs is 1. The normalized spacial score (nSPS) is 29.0. The third-order valence-corrected chi connectivity index (χ3v) is 4.58. The Balaban J connectivity index is 2.01. The number of rotatable bonds is 3. The Bertz CT molecular complexity index is 508. The molecule has 2 aliphatic heterocycles. The molecular weight excluding hydrogens is 264 g/mol. The first-order valence-electron chi connectivity index (χ1n) is 8.02. The summed E-state index contributed by atoms with van der Waals surface area (Å²) in [4.78, 5) is 2.34. The van der Waals surface area contributed by atoms with Crippen molar-refractivity contribution in [1.29, 1.82) is 0 Å². The number of likely N-dealkylation sites (N-methyl/N-ethyl adjacent to an activating group) is 1. The van der Waals surface area contributed by atoms with Gasteiger partial charge in [0.1, 0.15) is 17.6 Å². The minimum Gasteiger partial charge on any atom is -0.494 e. The van der Waals surface area contributed by atoms with Crippen molar-refractivity contribution in [2.75, 3.05) is 20.2 Å². The van der Waals surface area contributed by atoms with Crippen LogP contribution in [0.5, 0.6) is 11.5 Å². The van der Waals surface area contributed by atoms with Gasteiger partial charge in [0.25, 0.3) is 0 Å². The topological polar surface area (TPSA) is 47.7 Å². The molecule has 1 fully saturated rings. The van der Waals surface area contributed by atoms with Gasteiger partial charge in [0.2, 0.25) is 0 Å². The van der Waals surface area contributed by atoms with Crippen molar-refractivity contribution in [3.8, 4) is 11.5 Å². The van der Waals surface area contributed by atoms with E-state index in [2.05, 4.69) is 31.0 Å². The van der Waals surface area contributed by atoms with Crippen LogP contribution in [0.1, 0.15) is 43.9 Å². The van der Waals surface area contributed by atoms with E-state index in [0.717, 1.165) is 37.3 Å². The highest BCUT2D eigenvalue weighted by Gasteiger charge is 2.32. The lowest BCUT2D eigenvalue weighted by Gasteiger charge is -2.38. The van der Waals surface area contributed by atoms with Crippen molar-refractivity contribution in [2.24, 2.45) is 5.73 Å².